The molecule has 0 atom stereocenters. The Bertz CT molecular complexity index is 565. The van der Waals surface area contributed by atoms with Crippen LogP contribution in [0.2, 0.25) is 0 Å². The van der Waals surface area contributed by atoms with Crippen LogP contribution in [0.5, 0.6) is 0 Å². The molecular weight excluding hydrogens is 286 g/mol. The zero-order valence-electron chi connectivity index (χ0n) is 12.6. The van der Waals surface area contributed by atoms with Gasteiger partial charge in [0.05, 0.1) is 0 Å². The number of guanidine groups is 1. The fourth-order valence-corrected chi connectivity index (χ4v) is 3.13. The zero-order chi connectivity index (χ0) is 14.1. The van der Waals surface area contributed by atoms with Crippen LogP contribution in [0.15, 0.2) is 23.2 Å². The number of nitrogens with one attached hydrogen (secondary N) is 1. The number of carbonyl (C=O) groups is 1. The minimum atomic E-state index is 0. The van der Waals surface area contributed by atoms with Crippen LogP contribution in [-0.2, 0) is 4.79 Å². The quantitative estimate of drug-likeness (QED) is 0.911. The third-order valence-electron chi connectivity index (χ3n) is 4.18. The SMILES string of the molecule is Cc1ccc(NC2=NCC(=O)N2C2CCCC2)c(C)c1.Cl. The molecule has 1 amide bonds. The Labute approximate surface area is 132 Å². The Kier molecular flexibility index (Phi) is 4.88. The van der Waals surface area contributed by atoms with Gasteiger partial charge in [-0.05, 0) is 38.3 Å². The summed E-state index contributed by atoms with van der Waals surface area (Å²) in [5.74, 6) is 0.859. The van der Waals surface area contributed by atoms with Gasteiger partial charge in [-0.15, -0.1) is 12.4 Å². The molecular formula is C16H22ClN3O. The normalized spacial score (nSPS) is 18.7. The van der Waals surface area contributed by atoms with Crippen molar-refractivity contribution in [1.82, 2.24) is 4.90 Å². The van der Waals surface area contributed by atoms with E-state index in [1.54, 1.807) is 0 Å². The van der Waals surface area contributed by atoms with Crippen LogP contribution in [0.4, 0.5) is 5.69 Å². The number of anilines is 1. The Morgan fingerprint density at radius 1 is 1.24 bits per heavy atom. The van der Waals surface area contributed by atoms with Gasteiger partial charge in [-0.2, -0.15) is 0 Å². The van der Waals surface area contributed by atoms with Crippen LogP contribution in [0.3, 0.4) is 0 Å². The van der Waals surface area contributed by atoms with Gasteiger partial charge in [0.25, 0.3) is 5.91 Å². The number of carbonyl (C=O) groups excluding carboxylic acids is 1. The first-order valence-corrected chi connectivity index (χ1v) is 7.36. The molecule has 5 heteroatoms. The highest BCUT2D eigenvalue weighted by Gasteiger charge is 2.34. The highest BCUT2D eigenvalue weighted by molar-refractivity contribution is 6.09. The molecule has 0 saturated heterocycles. The fourth-order valence-electron chi connectivity index (χ4n) is 3.13. The maximum absolute atomic E-state index is 12.1. The van der Waals surface area contributed by atoms with Crippen LogP contribution >= 0.6 is 12.4 Å². The minimum Gasteiger partial charge on any atom is -0.326 e. The minimum absolute atomic E-state index is 0. The van der Waals surface area contributed by atoms with Crippen molar-refractivity contribution in [3.63, 3.8) is 0 Å². The summed E-state index contributed by atoms with van der Waals surface area (Å²) in [5, 5.41) is 3.35. The molecule has 4 nitrogen and oxygen atoms in total. The Balaban J connectivity index is 0.00000161. The second-order valence-corrected chi connectivity index (χ2v) is 5.79. The smallest absolute Gasteiger partial charge is 0.251 e. The molecule has 1 aromatic rings. The van der Waals surface area contributed by atoms with E-state index >= 15 is 0 Å². The average Bonchev–Trinajstić information content (AvgIpc) is 3.02. The largest absolute Gasteiger partial charge is 0.326 e. The van der Waals surface area contributed by atoms with Crippen molar-refractivity contribution in [3.8, 4) is 0 Å². The Morgan fingerprint density at radius 2 is 1.95 bits per heavy atom. The highest BCUT2D eigenvalue weighted by atomic mass is 35.5. The number of hydrogen-bond acceptors (Lipinski definition) is 3. The van der Waals surface area contributed by atoms with Crippen molar-refractivity contribution in [2.24, 2.45) is 4.99 Å². The number of aryl methyl sites for hydroxylation is 2. The van der Waals surface area contributed by atoms with Gasteiger partial charge in [-0.25, -0.2) is 4.99 Å². The summed E-state index contributed by atoms with van der Waals surface area (Å²) in [6.45, 7) is 4.44. The monoisotopic (exact) mass is 307 g/mol. The van der Waals surface area contributed by atoms with Gasteiger partial charge in [0.1, 0.15) is 6.54 Å². The maximum Gasteiger partial charge on any atom is 0.251 e. The van der Waals surface area contributed by atoms with Gasteiger partial charge in [-0.1, -0.05) is 30.5 Å². The van der Waals surface area contributed by atoms with Crippen LogP contribution < -0.4 is 5.32 Å². The van der Waals surface area contributed by atoms with Gasteiger partial charge in [0, 0.05) is 11.7 Å². The molecule has 0 bridgehead atoms. The summed E-state index contributed by atoms with van der Waals surface area (Å²) >= 11 is 0. The van der Waals surface area contributed by atoms with Gasteiger partial charge >= 0.3 is 0 Å². The van der Waals surface area contributed by atoms with E-state index in [1.807, 2.05) is 4.90 Å². The van der Waals surface area contributed by atoms with Crippen LogP contribution in [0.1, 0.15) is 36.8 Å². The molecule has 0 radical (unpaired) electrons. The molecule has 1 aliphatic carbocycles. The lowest BCUT2D eigenvalue weighted by Crippen LogP contribution is -2.43. The maximum atomic E-state index is 12.1. The first-order chi connectivity index (χ1) is 9.65. The van der Waals surface area contributed by atoms with Crippen molar-refractivity contribution in [2.75, 3.05) is 11.9 Å². The molecule has 21 heavy (non-hydrogen) atoms. The lowest BCUT2D eigenvalue weighted by atomic mass is 10.1. The van der Waals surface area contributed by atoms with E-state index in [9.17, 15) is 4.79 Å². The van der Waals surface area contributed by atoms with Crippen molar-refractivity contribution >= 4 is 30.0 Å². The van der Waals surface area contributed by atoms with E-state index in [1.165, 1.54) is 24.0 Å². The van der Waals surface area contributed by atoms with Crippen molar-refractivity contribution < 1.29 is 4.79 Å². The second-order valence-electron chi connectivity index (χ2n) is 5.79. The third kappa shape index (κ3) is 3.21. The summed E-state index contributed by atoms with van der Waals surface area (Å²) in [5.41, 5.74) is 3.45. The van der Waals surface area contributed by atoms with Crippen LogP contribution in [-0.4, -0.2) is 29.4 Å². The average molecular weight is 308 g/mol. The van der Waals surface area contributed by atoms with E-state index in [2.05, 4.69) is 42.4 Å². The Hall–Kier alpha value is -1.55. The van der Waals surface area contributed by atoms with E-state index < -0.39 is 0 Å². The molecule has 0 spiro atoms. The molecule has 1 saturated carbocycles. The van der Waals surface area contributed by atoms with Crippen molar-refractivity contribution in [1.29, 1.82) is 0 Å². The number of aliphatic imine (C=N–C) groups is 1. The number of rotatable bonds is 2. The number of hydrogen-bond donors (Lipinski definition) is 1. The van der Waals surface area contributed by atoms with Crippen LogP contribution in [0.25, 0.3) is 0 Å². The summed E-state index contributed by atoms with van der Waals surface area (Å²) in [4.78, 5) is 18.3. The van der Waals surface area contributed by atoms with Gasteiger partial charge in [0.2, 0.25) is 5.96 Å². The lowest BCUT2D eigenvalue weighted by Gasteiger charge is -2.26. The van der Waals surface area contributed by atoms with E-state index in [0.717, 1.165) is 24.5 Å². The van der Waals surface area contributed by atoms with Crippen molar-refractivity contribution in [2.45, 2.75) is 45.6 Å². The second kappa shape index (κ2) is 6.48. The van der Waals surface area contributed by atoms with Crippen molar-refractivity contribution in [3.05, 3.63) is 29.3 Å². The fraction of sp³-hybridized carbons (Fsp3) is 0.500. The molecule has 1 fully saturated rings. The van der Waals surface area contributed by atoms with Gasteiger partial charge < -0.3 is 5.32 Å². The van der Waals surface area contributed by atoms with Gasteiger partial charge in [0.15, 0.2) is 0 Å². The van der Waals surface area contributed by atoms with Gasteiger partial charge in [-0.3, -0.25) is 9.69 Å². The molecule has 2 aliphatic rings. The zero-order valence-corrected chi connectivity index (χ0v) is 13.4. The summed E-state index contributed by atoms with van der Waals surface area (Å²) < 4.78 is 0. The molecule has 0 unspecified atom stereocenters. The van der Waals surface area contributed by atoms with E-state index in [-0.39, 0.29) is 24.9 Å². The molecule has 3 rings (SSSR count). The molecule has 1 aromatic carbocycles. The van der Waals surface area contributed by atoms with E-state index in [4.69, 9.17) is 0 Å². The molecule has 1 N–H and O–H groups in total. The first-order valence-electron chi connectivity index (χ1n) is 7.36. The summed E-state index contributed by atoms with van der Waals surface area (Å²) in [6, 6.07) is 6.61. The topological polar surface area (TPSA) is 44.7 Å². The van der Waals surface area contributed by atoms with Crippen LogP contribution in [0, 0.1) is 13.8 Å². The Morgan fingerprint density at radius 3 is 2.62 bits per heavy atom. The van der Waals surface area contributed by atoms with E-state index in [0.29, 0.717) is 6.04 Å². The number of nitrogens with zero attached hydrogens (tertiary/aromatic N) is 2. The predicted octanol–water partition coefficient (Wildman–Crippen LogP) is 3.28. The first kappa shape index (κ1) is 15.8. The molecule has 0 aromatic heterocycles. The molecule has 114 valence electrons. The molecule has 1 aliphatic heterocycles. The molecule has 1 heterocycles. The highest BCUT2D eigenvalue weighted by Crippen LogP contribution is 2.26. The predicted molar refractivity (Wildman–Crippen MR) is 88.2 cm³/mol. The standard InChI is InChI=1S/C16H21N3O.ClH/c1-11-7-8-14(12(2)9-11)18-16-17-10-15(20)19(16)13-5-3-4-6-13;/h7-9,13H,3-6,10H2,1-2H3,(H,17,18);1H. The third-order valence-corrected chi connectivity index (χ3v) is 4.18. The lowest BCUT2D eigenvalue weighted by molar-refractivity contribution is -0.126. The number of benzene rings is 1. The number of halogens is 1. The summed E-state index contributed by atoms with van der Waals surface area (Å²) in [7, 11) is 0. The number of amides is 1. The summed E-state index contributed by atoms with van der Waals surface area (Å²) in [6.07, 6.45) is 4.62.